The molecule has 0 saturated heterocycles. The number of nitrogens with one attached hydrogen (secondary N) is 1. The largest absolute Gasteiger partial charge is 0.493 e. The van der Waals surface area contributed by atoms with E-state index >= 15 is 0 Å². The molecular weight excluding hydrogens is 258 g/mol. The minimum atomic E-state index is -0.814. The average Bonchev–Trinajstić information content (AvgIpc) is 2.83. The Labute approximate surface area is 116 Å². The Morgan fingerprint density at radius 1 is 1.35 bits per heavy atom. The summed E-state index contributed by atoms with van der Waals surface area (Å²) in [6.45, 7) is 0.858. The number of benzene rings is 1. The molecule has 2 N–H and O–H groups in total. The fourth-order valence-electron chi connectivity index (χ4n) is 2.75. The summed E-state index contributed by atoms with van der Waals surface area (Å²) in [7, 11) is 0. The van der Waals surface area contributed by atoms with Crippen LogP contribution in [0.15, 0.2) is 18.2 Å². The van der Waals surface area contributed by atoms with E-state index in [0.29, 0.717) is 25.0 Å². The van der Waals surface area contributed by atoms with Gasteiger partial charge in [0.2, 0.25) is 0 Å². The maximum absolute atomic E-state index is 12.1. The summed E-state index contributed by atoms with van der Waals surface area (Å²) in [6.07, 6.45) is 3.01. The van der Waals surface area contributed by atoms with Crippen molar-refractivity contribution in [3.8, 4) is 5.75 Å². The van der Waals surface area contributed by atoms with Crippen molar-refractivity contribution in [3.63, 3.8) is 0 Å². The van der Waals surface area contributed by atoms with E-state index in [1.807, 2.05) is 6.07 Å². The number of carbonyl (C=O) groups excluding carboxylic acids is 1. The van der Waals surface area contributed by atoms with Gasteiger partial charge in [0.05, 0.1) is 12.0 Å². The Bertz CT molecular complexity index is 563. The molecule has 2 aliphatic rings. The van der Waals surface area contributed by atoms with Crippen LogP contribution in [-0.4, -0.2) is 30.1 Å². The molecule has 20 heavy (non-hydrogen) atoms. The molecule has 1 heterocycles. The summed E-state index contributed by atoms with van der Waals surface area (Å²) >= 11 is 0. The lowest BCUT2D eigenvalue weighted by atomic mass is 9.69. The first kappa shape index (κ1) is 13.0. The molecule has 0 unspecified atom stereocenters. The second kappa shape index (κ2) is 4.81. The number of carboxylic acids is 1. The summed E-state index contributed by atoms with van der Waals surface area (Å²) < 4.78 is 5.40. The van der Waals surface area contributed by atoms with E-state index in [4.69, 9.17) is 4.74 Å². The van der Waals surface area contributed by atoms with Crippen LogP contribution in [0.3, 0.4) is 0 Å². The summed E-state index contributed by atoms with van der Waals surface area (Å²) in [5, 5.41) is 12.0. The van der Waals surface area contributed by atoms with E-state index in [2.05, 4.69) is 5.32 Å². The molecule has 106 valence electrons. The first-order valence-electron chi connectivity index (χ1n) is 6.88. The van der Waals surface area contributed by atoms with Crippen LogP contribution >= 0.6 is 0 Å². The topological polar surface area (TPSA) is 75.6 Å². The van der Waals surface area contributed by atoms with Gasteiger partial charge in [0, 0.05) is 18.5 Å². The van der Waals surface area contributed by atoms with Gasteiger partial charge in [0.25, 0.3) is 5.91 Å². The Kier molecular flexibility index (Phi) is 3.12. The second-order valence-electron chi connectivity index (χ2n) is 5.54. The molecular formula is C15H17NO4. The van der Waals surface area contributed by atoms with Crippen molar-refractivity contribution < 1.29 is 19.4 Å². The smallest absolute Gasteiger partial charge is 0.311 e. The summed E-state index contributed by atoms with van der Waals surface area (Å²) in [5.41, 5.74) is 0.846. The van der Waals surface area contributed by atoms with Crippen LogP contribution in [0.25, 0.3) is 0 Å². The van der Waals surface area contributed by atoms with E-state index in [1.165, 1.54) is 0 Å². The van der Waals surface area contributed by atoms with Gasteiger partial charge in [0.1, 0.15) is 5.75 Å². The Morgan fingerprint density at radius 2 is 2.15 bits per heavy atom. The first-order chi connectivity index (χ1) is 9.61. The van der Waals surface area contributed by atoms with Crippen LogP contribution in [0.1, 0.15) is 35.2 Å². The molecule has 0 atom stereocenters. The van der Waals surface area contributed by atoms with E-state index in [1.54, 1.807) is 12.1 Å². The minimum Gasteiger partial charge on any atom is -0.493 e. The highest BCUT2D eigenvalue weighted by Gasteiger charge is 2.44. The maximum Gasteiger partial charge on any atom is 0.311 e. The lowest BCUT2D eigenvalue weighted by molar-refractivity contribution is -0.153. The maximum atomic E-state index is 12.1. The van der Waals surface area contributed by atoms with Gasteiger partial charge >= 0.3 is 5.97 Å². The van der Waals surface area contributed by atoms with E-state index in [0.717, 1.165) is 24.2 Å². The molecule has 0 bridgehead atoms. The van der Waals surface area contributed by atoms with Crippen LogP contribution in [0.2, 0.25) is 0 Å². The quantitative estimate of drug-likeness (QED) is 0.875. The zero-order chi connectivity index (χ0) is 14.2. The van der Waals surface area contributed by atoms with Gasteiger partial charge < -0.3 is 15.2 Å². The number of carboxylic acid groups (broad SMARTS) is 1. The zero-order valence-electron chi connectivity index (χ0n) is 11.1. The molecule has 5 nitrogen and oxygen atoms in total. The number of hydrogen-bond donors (Lipinski definition) is 2. The summed E-state index contributed by atoms with van der Waals surface area (Å²) in [4.78, 5) is 23.3. The lowest BCUT2D eigenvalue weighted by Crippen LogP contribution is -2.47. The minimum absolute atomic E-state index is 0.203. The molecule has 0 aromatic heterocycles. The normalized spacial score (nSPS) is 18.6. The van der Waals surface area contributed by atoms with Gasteiger partial charge in [0.15, 0.2) is 0 Å². The molecule has 1 saturated carbocycles. The molecule has 1 aliphatic heterocycles. The van der Waals surface area contributed by atoms with Crippen molar-refractivity contribution in [2.45, 2.75) is 25.7 Å². The molecule has 1 aliphatic carbocycles. The summed E-state index contributed by atoms with van der Waals surface area (Å²) in [6, 6.07) is 5.34. The van der Waals surface area contributed by atoms with E-state index in [-0.39, 0.29) is 12.5 Å². The van der Waals surface area contributed by atoms with Crippen LogP contribution in [0, 0.1) is 5.41 Å². The third-order valence-electron chi connectivity index (χ3n) is 4.30. The predicted molar refractivity (Wildman–Crippen MR) is 71.9 cm³/mol. The Balaban J connectivity index is 1.66. The van der Waals surface area contributed by atoms with Crippen molar-refractivity contribution >= 4 is 11.9 Å². The van der Waals surface area contributed by atoms with Crippen molar-refractivity contribution in [2.24, 2.45) is 5.41 Å². The Morgan fingerprint density at radius 3 is 2.80 bits per heavy atom. The number of aliphatic carboxylic acids is 1. The molecule has 5 heteroatoms. The first-order valence-corrected chi connectivity index (χ1v) is 6.88. The molecule has 0 radical (unpaired) electrons. The number of hydrogen-bond acceptors (Lipinski definition) is 3. The Hall–Kier alpha value is -2.04. The standard InChI is InChI=1S/C15H17NO4/c17-13(16-9-15(14(18)19)5-1-6-15)11-2-3-12-10(8-11)4-7-20-12/h2-3,8H,1,4-7,9H2,(H,16,17)(H,18,19). The van der Waals surface area contributed by atoms with Gasteiger partial charge in [-0.15, -0.1) is 0 Å². The van der Waals surface area contributed by atoms with Crippen molar-refractivity contribution in [1.29, 1.82) is 0 Å². The summed E-state index contributed by atoms with van der Waals surface area (Å²) in [5.74, 6) is -0.193. The number of amides is 1. The molecule has 1 aromatic carbocycles. The van der Waals surface area contributed by atoms with Crippen molar-refractivity contribution in [1.82, 2.24) is 5.32 Å². The van der Waals surface area contributed by atoms with Crippen LogP contribution in [0.5, 0.6) is 5.75 Å². The fraction of sp³-hybridized carbons (Fsp3) is 0.467. The molecule has 3 rings (SSSR count). The number of fused-ring (bicyclic) bond motifs is 1. The van der Waals surface area contributed by atoms with Gasteiger partial charge in [-0.1, -0.05) is 6.42 Å². The fourth-order valence-corrected chi connectivity index (χ4v) is 2.75. The van der Waals surface area contributed by atoms with Gasteiger partial charge in [-0.05, 0) is 36.6 Å². The molecule has 0 spiro atoms. The lowest BCUT2D eigenvalue weighted by Gasteiger charge is -2.37. The molecule has 1 fully saturated rings. The predicted octanol–water partition coefficient (Wildman–Crippen LogP) is 1.61. The number of rotatable bonds is 4. The highest BCUT2D eigenvalue weighted by atomic mass is 16.5. The molecule has 1 aromatic rings. The third kappa shape index (κ3) is 2.13. The highest BCUT2D eigenvalue weighted by molar-refractivity contribution is 5.95. The van der Waals surface area contributed by atoms with Gasteiger partial charge in [-0.25, -0.2) is 0 Å². The van der Waals surface area contributed by atoms with E-state index < -0.39 is 11.4 Å². The highest BCUT2D eigenvalue weighted by Crippen LogP contribution is 2.40. The zero-order valence-corrected chi connectivity index (χ0v) is 11.1. The monoisotopic (exact) mass is 275 g/mol. The molecule has 1 amide bonds. The van der Waals surface area contributed by atoms with Gasteiger partial charge in [-0.2, -0.15) is 0 Å². The SMILES string of the molecule is O=C(NCC1(C(=O)O)CCC1)c1ccc2c(c1)CCO2. The van der Waals surface area contributed by atoms with E-state index in [9.17, 15) is 14.7 Å². The van der Waals surface area contributed by atoms with Crippen LogP contribution in [0.4, 0.5) is 0 Å². The average molecular weight is 275 g/mol. The second-order valence-corrected chi connectivity index (χ2v) is 5.54. The van der Waals surface area contributed by atoms with Crippen molar-refractivity contribution in [2.75, 3.05) is 13.2 Å². The number of carbonyl (C=O) groups is 2. The van der Waals surface area contributed by atoms with Gasteiger partial charge in [-0.3, -0.25) is 9.59 Å². The van der Waals surface area contributed by atoms with Crippen LogP contribution < -0.4 is 10.1 Å². The number of ether oxygens (including phenoxy) is 1. The van der Waals surface area contributed by atoms with Crippen molar-refractivity contribution in [3.05, 3.63) is 29.3 Å². The van der Waals surface area contributed by atoms with Crippen LogP contribution in [-0.2, 0) is 11.2 Å². The third-order valence-corrected chi connectivity index (χ3v) is 4.30.